The van der Waals surface area contributed by atoms with E-state index < -0.39 is 0 Å². The first-order valence-corrected chi connectivity index (χ1v) is 6.00. The summed E-state index contributed by atoms with van der Waals surface area (Å²) in [5.41, 5.74) is 7.13. The van der Waals surface area contributed by atoms with E-state index in [1.54, 1.807) is 0 Å². The van der Waals surface area contributed by atoms with E-state index in [2.05, 4.69) is 6.92 Å². The number of unbranched alkanes of at least 4 members (excludes halogenated alkanes) is 1. The first-order chi connectivity index (χ1) is 7.66. The Morgan fingerprint density at radius 2 is 1.94 bits per heavy atom. The van der Waals surface area contributed by atoms with Gasteiger partial charge in [-0.3, -0.25) is 4.79 Å². The summed E-state index contributed by atoms with van der Waals surface area (Å²) >= 11 is 0. The molecule has 1 rings (SSSR count). The van der Waals surface area contributed by atoms with Gasteiger partial charge in [0.2, 0.25) is 0 Å². The molecule has 2 nitrogen and oxygen atoms in total. The molecule has 88 valence electrons. The lowest BCUT2D eigenvalue weighted by Crippen LogP contribution is -2.25. The van der Waals surface area contributed by atoms with Crippen molar-refractivity contribution in [2.24, 2.45) is 11.7 Å². The van der Waals surface area contributed by atoms with Gasteiger partial charge in [-0.25, -0.2) is 0 Å². The molecule has 1 unspecified atom stereocenters. The first kappa shape index (κ1) is 12.9. The highest BCUT2D eigenvalue weighted by Gasteiger charge is 2.20. The number of hydrogen-bond donors (Lipinski definition) is 1. The predicted octanol–water partition coefficient (Wildman–Crippen LogP) is 3.08. The Balaban J connectivity index is 2.60. The predicted molar refractivity (Wildman–Crippen MR) is 67.1 cm³/mol. The molecule has 0 aliphatic rings. The second-order valence-corrected chi connectivity index (χ2v) is 4.30. The monoisotopic (exact) mass is 219 g/mol. The van der Waals surface area contributed by atoms with Crippen molar-refractivity contribution in [1.29, 1.82) is 0 Å². The number of carbonyl (C=O) groups is 1. The lowest BCUT2D eigenvalue weighted by Gasteiger charge is -2.19. The Hall–Kier alpha value is -1.15. The van der Waals surface area contributed by atoms with Gasteiger partial charge in [-0.1, -0.05) is 50.6 Å². The van der Waals surface area contributed by atoms with Gasteiger partial charge < -0.3 is 5.73 Å². The summed E-state index contributed by atoms with van der Waals surface area (Å²) < 4.78 is 0. The van der Waals surface area contributed by atoms with E-state index in [1.807, 2.05) is 37.3 Å². The van der Waals surface area contributed by atoms with Crippen LogP contribution in [0.2, 0.25) is 0 Å². The number of ketones is 1. The van der Waals surface area contributed by atoms with Crippen molar-refractivity contribution in [3.05, 3.63) is 35.9 Å². The van der Waals surface area contributed by atoms with Gasteiger partial charge in [-0.15, -0.1) is 0 Å². The summed E-state index contributed by atoms with van der Waals surface area (Å²) in [4.78, 5) is 11.8. The highest BCUT2D eigenvalue weighted by molar-refractivity contribution is 5.81. The van der Waals surface area contributed by atoms with Crippen LogP contribution in [0.25, 0.3) is 0 Å². The van der Waals surface area contributed by atoms with Crippen LogP contribution in [0.3, 0.4) is 0 Å². The minimum Gasteiger partial charge on any atom is -0.323 e. The van der Waals surface area contributed by atoms with Crippen molar-refractivity contribution < 1.29 is 4.79 Å². The van der Waals surface area contributed by atoms with E-state index in [0.717, 1.165) is 18.4 Å². The van der Waals surface area contributed by atoms with E-state index in [-0.39, 0.29) is 17.7 Å². The molecule has 0 radical (unpaired) electrons. The number of Topliss-reactive ketones (excluding diaryl/α,β-unsaturated/α-hetero) is 1. The van der Waals surface area contributed by atoms with Crippen LogP contribution in [0.1, 0.15) is 44.7 Å². The zero-order valence-electron chi connectivity index (χ0n) is 10.1. The minimum absolute atomic E-state index is 0.0889. The molecule has 0 amide bonds. The molecule has 0 aliphatic heterocycles. The summed E-state index contributed by atoms with van der Waals surface area (Å²) in [5, 5.41) is 0. The van der Waals surface area contributed by atoms with E-state index in [1.165, 1.54) is 0 Å². The molecule has 0 bridgehead atoms. The van der Waals surface area contributed by atoms with Gasteiger partial charge in [0, 0.05) is 18.4 Å². The largest absolute Gasteiger partial charge is 0.323 e. The van der Waals surface area contributed by atoms with Crippen molar-refractivity contribution in [1.82, 2.24) is 0 Å². The fourth-order valence-electron chi connectivity index (χ4n) is 1.74. The highest BCUT2D eigenvalue weighted by atomic mass is 16.1. The van der Waals surface area contributed by atoms with Crippen LogP contribution < -0.4 is 5.73 Å². The van der Waals surface area contributed by atoms with Crippen LogP contribution >= 0.6 is 0 Å². The Morgan fingerprint density at radius 3 is 2.50 bits per heavy atom. The Morgan fingerprint density at radius 1 is 1.31 bits per heavy atom. The van der Waals surface area contributed by atoms with Crippen LogP contribution in [0.5, 0.6) is 0 Å². The van der Waals surface area contributed by atoms with Gasteiger partial charge in [-0.2, -0.15) is 0 Å². The Labute approximate surface area is 97.9 Å². The van der Waals surface area contributed by atoms with Gasteiger partial charge in [0.05, 0.1) is 0 Å². The maximum absolute atomic E-state index is 11.8. The summed E-state index contributed by atoms with van der Waals surface area (Å²) in [6.07, 6.45) is 2.67. The number of carbonyl (C=O) groups excluding carboxylic acids is 1. The van der Waals surface area contributed by atoms with Crippen molar-refractivity contribution in [2.75, 3.05) is 0 Å². The van der Waals surface area contributed by atoms with Crippen LogP contribution in [0.4, 0.5) is 0 Å². The lowest BCUT2D eigenvalue weighted by atomic mass is 9.90. The molecule has 0 saturated carbocycles. The van der Waals surface area contributed by atoms with E-state index in [0.29, 0.717) is 6.42 Å². The van der Waals surface area contributed by atoms with Crippen molar-refractivity contribution in [2.45, 2.75) is 39.2 Å². The topological polar surface area (TPSA) is 43.1 Å². The van der Waals surface area contributed by atoms with E-state index in [4.69, 9.17) is 5.73 Å². The van der Waals surface area contributed by atoms with Crippen LogP contribution in [0, 0.1) is 5.92 Å². The molecule has 1 aromatic carbocycles. The zero-order chi connectivity index (χ0) is 12.0. The molecule has 2 heteroatoms. The SMILES string of the molecule is CCCCC(=O)C(C)[C@@H](N)c1ccccc1. The van der Waals surface area contributed by atoms with Crippen molar-refractivity contribution in [3.8, 4) is 0 Å². The second kappa shape index (κ2) is 6.44. The summed E-state index contributed by atoms with van der Waals surface area (Å²) in [5.74, 6) is 0.187. The van der Waals surface area contributed by atoms with Crippen LogP contribution in [-0.2, 0) is 4.79 Å². The summed E-state index contributed by atoms with van der Waals surface area (Å²) in [6, 6.07) is 9.66. The molecule has 0 aromatic heterocycles. The second-order valence-electron chi connectivity index (χ2n) is 4.30. The zero-order valence-corrected chi connectivity index (χ0v) is 10.1. The van der Waals surface area contributed by atoms with E-state index in [9.17, 15) is 4.79 Å². The molecular weight excluding hydrogens is 198 g/mol. The van der Waals surface area contributed by atoms with Gasteiger partial charge in [0.25, 0.3) is 0 Å². The quantitative estimate of drug-likeness (QED) is 0.799. The smallest absolute Gasteiger partial charge is 0.137 e. The maximum atomic E-state index is 11.8. The third kappa shape index (κ3) is 3.46. The summed E-state index contributed by atoms with van der Waals surface area (Å²) in [6.45, 7) is 4.02. The molecular formula is C14H21NO. The molecule has 1 aromatic rings. The number of hydrogen-bond acceptors (Lipinski definition) is 2. The van der Waals surface area contributed by atoms with Gasteiger partial charge in [0.1, 0.15) is 5.78 Å². The molecule has 0 saturated heterocycles. The van der Waals surface area contributed by atoms with Crippen LogP contribution in [-0.4, -0.2) is 5.78 Å². The van der Waals surface area contributed by atoms with Gasteiger partial charge in [-0.05, 0) is 12.0 Å². The summed E-state index contributed by atoms with van der Waals surface area (Å²) in [7, 11) is 0. The van der Waals surface area contributed by atoms with Gasteiger partial charge in [0.15, 0.2) is 0 Å². The van der Waals surface area contributed by atoms with Crippen LogP contribution in [0.15, 0.2) is 30.3 Å². The third-order valence-electron chi connectivity index (χ3n) is 3.01. The Bertz CT molecular complexity index is 321. The normalized spacial score (nSPS) is 14.4. The molecule has 2 N–H and O–H groups in total. The van der Waals surface area contributed by atoms with E-state index >= 15 is 0 Å². The number of benzene rings is 1. The molecule has 0 fully saturated rings. The number of rotatable bonds is 6. The molecule has 16 heavy (non-hydrogen) atoms. The van der Waals surface area contributed by atoms with Crippen molar-refractivity contribution in [3.63, 3.8) is 0 Å². The third-order valence-corrected chi connectivity index (χ3v) is 3.01. The fraction of sp³-hybridized carbons (Fsp3) is 0.500. The lowest BCUT2D eigenvalue weighted by molar-refractivity contribution is -0.123. The van der Waals surface area contributed by atoms with Gasteiger partial charge >= 0.3 is 0 Å². The molecule has 0 heterocycles. The highest BCUT2D eigenvalue weighted by Crippen LogP contribution is 2.21. The number of nitrogens with two attached hydrogens (primary N) is 1. The molecule has 0 spiro atoms. The standard InChI is InChI=1S/C14H21NO/c1-3-4-10-13(16)11(2)14(15)12-8-6-5-7-9-12/h5-9,11,14H,3-4,10,15H2,1-2H3/t11?,14-/m1/s1. The van der Waals surface area contributed by atoms with Crippen molar-refractivity contribution >= 4 is 5.78 Å². The first-order valence-electron chi connectivity index (χ1n) is 6.00. The Kier molecular flexibility index (Phi) is 5.20. The maximum Gasteiger partial charge on any atom is 0.137 e. The molecule has 0 aliphatic carbocycles. The minimum atomic E-state index is -0.175. The molecule has 2 atom stereocenters. The fourth-order valence-corrected chi connectivity index (χ4v) is 1.74. The average Bonchev–Trinajstić information content (AvgIpc) is 2.35. The average molecular weight is 219 g/mol.